The minimum absolute atomic E-state index is 0.225. The Morgan fingerprint density at radius 1 is 1.06 bits per heavy atom. The number of furan rings is 1. The van der Waals surface area contributed by atoms with Gasteiger partial charge in [-0.15, -0.1) is 0 Å². The molecule has 0 atom stereocenters. The molecule has 0 saturated carbocycles. The van der Waals surface area contributed by atoms with Crippen LogP contribution >= 0.6 is 0 Å². The second-order valence-corrected chi connectivity index (χ2v) is 4.68. The van der Waals surface area contributed by atoms with Crippen LogP contribution in [0, 0.1) is 5.82 Å². The van der Waals surface area contributed by atoms with E-state index in [9.17, 15) is 4.39 Å². The van der Waals surface area contributed by atoms with E-state index in [1.165, 1.54) is 12.1 Å². The maximum atomic E-state index is 12.8. The highest BCUT2D eigenvalue weighted by molar-refractivity contribution is 5.57. The molecule has 0 aliphatic heterocycles. The Bertz CT molecular complexity index is 487. The van der Waals surface area contributed by atoms with Crippen LogP contribution in [0.5, 0.6) is 0 Å². The zero-order valence-corrected chi connectivity index (χ0v) is 10.8. The topological polar surface area (TPSA) is 16.4 Å². The van der Waals surface area contributed by atoms with Crippen molar-refractivity contribution in [3.8, 4) is 11.3 Å². The predicted octanol–water partition coefficient (Wildman–Crippen LogP) is 3.58. The highest BCUT2D eigenvalue weighted by Gasteiger charge is 2.05. The molecule has 2 rings (SSSR count). The van der Waals surface area contributed by atoms with E-state index < -0.39 is 0 Å². The molecule has 0 unspecified atom stereocenters. The number of nitrogens with zero attached hydrogens (tertiary/aromatic N) is 1. The Labute approximate surface area is 107 Å². The molecule has 2 aromatic rings. The van der Waals surface area contributed by atoms with Gasteiger partial charge >= 0.3 is 0 Å². The van der Waals surface area contributed by atoms with Gasteiger partial charge in [0, 0.05) is 12.0 Å². The highest BCUT2D eigenvalue weighted by atomic mass is 19.1. The van der Waals surface area contributed by atoms with Gasteiger partial charge in [0.25, 0.3) is 0 Å². The zero-order chi connectivity index (χ0) is 13.0. The monoisotopic (exact) mass is 247 g/mol. The Morgan fingerprint density at radius 3 is 2.44 bits per heavy atom. The fourth-order valence-electron chi connectivity index (χ4n) is 1.85. The van der Waals surface area contributed by atoms with Crippen LogP contribution in [0.15, 0.2) is 40.8 Å². The first-order valence-corrected chi connectivity index (χ1v) is 6.14. The lowest BCUT2D eigenvalue weighted by Crippen LogP contribution is -2.13. The SMILES string of the molecule is CN(C)CCCc1ccc(-c2ccc(F)cc2)o1. The summed E-state index contributed by atoms with van der Waals surface area (Å²) in [5.41, 5.74) is 0.912. The van der Waals surface area contributed by atoms with Crippen molar-refractivity contribution in [1.82, 2.24) is 4.90 Å². The van der Waals surface area contributed by atoms with Gasteiger partial charge in [-0.1, -0.05) is 0 Å². The van der Waals surface area contributed by atoms with Gasteiger partial charge in [0.1, 0.15) is 17.3 Å². The zero-order valence-electron chi connectivity index (χ0n) is 10.8. The van der Waals surface area contributed by atoms with Gasteiger partial charge in [0.05, 0.1) is 0 Å². The Morgan fingerprint density at radius 2 is 1.78 bits per heavy atom. The standard InChI is InChI=1S/C15H18FNO/c1-17(2)11-3-4-14-9-10-15(18-14)12-5-7-13(16)8-6-12/h5-10H,3-4,11H2,1-2H3. The Kier molecular flexibility index (Phi) is 4.15. The molecule has 0 fully saturated rings. The summed E-state index contributed by atoms with van der Waals surface area (Å²) in [6, 6.07) is 10.3. The quantitative estimate of drug-likeness (QED) is 0.803. The molecule has 0 spiro atoms. The molecule has 1 heterocycles. The molecule has 0 aliphatic carbocycles. The summed E-state index contributed by atoms with van der Waals surface area (Å²) in [6.07, 6.45) is 2.00. The first-order valence-electron chi connectivity index (χ1n) is 6.14. The molecule has 0 saturated heterocycles. The smallest absolute Gasteiger partial charge is 0.134 e. The number of aryl methyl sites for hydroxylation is 1. The van der Waals surface area contributed by atoms with E-state index in [1.54, 1.807) is 12.1 Å². The molecule has 18 heavy (non-hydrogen) atoms. The highest BCUT2D eigenvalue weighted by Crippen LogP contribution is 2.22. The fraction of sp³-hybridized carbons (Fsp3) is 0.333. The molecular weight excluding hydrogens is 229 g/mol. The van der Waals surface area contributed by atoms with Gasteiger partial charge in [0.2, 0.25) is 0 Å². The summed E-state index contributed by atoms with van der Waals surface area (Å²) in [5, 5.41) is 0. The lowest BCUT2D eigenvalue weighted by Gasteiger charge is -2.07. The molecule has 0 bridgehead atoms. The second-order valence-electron chi connectivity index (χ2n) is 4.68. The van der Waals surface area contributed by atoms with E-state index in [0.29, 0.717) is 0 Å². The first-order chi connectivity index (χ1) is 8.65. The van der Waals surface area contributed by atoms with Crippen molar-refractivity contribution in [2.75, 3.05) is 20.6 Å². The average Bonchev–Trinajstić information content (AvgIpc) is 2.78. The van der Waals surface area contributed by atoms with Crippen LogP contribution in [0.25, 0.3) is 11.3 Å². The van der Waals surface area contributed by atoms with Crippen LogP contribution in [0.4, 0.5) is 4.39 Å². The minimum Gasteiger partial charge on any atom is -0.461 e. The third kappa shape index (κ3) is 3.44. The normalized spacial score (nSPS) is 11.1. The Balaban J connectivity index is 1.99. The van der Waals surface area contributed by atoms with E-state index in [4.69, 9.17) is 4.42 Å². The molecule has 2 nitrogen and oxygen atoms in total. The van der Waals surface area contributed by atoms with Crippen LogP contribution in [-0.2, 0) is 6.42 Å². The maximum Gasteiger partial charge on any atom is 0.134 e. The van der Waals surface area contributed by atoms with Crippen LogP contribution in [-0.4, -0.2) is 25.5 Å². The summed E-state index contributed by atoms with van der Waals surface area (Å²) >= 11 is 0. The second kappa shape index (κ2) is 5.83. The van der Waals surface area contributed by atoms with Crippen molar-refractivity contribution >= 4 is 0 Å². The minimum atomic E-state index is -0.225. The van der Waals surface area contributed by atoms with Crippen molar-refractivity contribution in [2.24, 2.45) is 0 Å². The summed E-state index contributed by atoms with van der Waals surface area (Å²) in [7, 11) is 4.12. The largest absolute Gasteiger partial charge is 0.461 e. The molecule has 0 amide bonds. The van der Waals surface area contributed by atoms with Gasteiger partial charge in [-0.2, -0.15) is 0 Å². The number of halogens is 1. The number of hydrogen-bond donors (Lipinski definition) is 0. The summed E-state index contributed by atoms with van der Waals surface area (Å²) in [5.74, 6) is 1.56. The molecule has 3 heteroatoms. The summed E-state index contributed by atoms with van der Waals surface area (Å²) in [6.45, 7) is 1.05. The van der Waals surface area contributed by atoms with Crippen LogP contribution < -0.4 is 0 Å². The molecule has 96 valence electrons. The van der Waals surface area contributed by atoms with Gasteiger partial charge in [0.15, 0.2) is 0 Å². The lowest BCUT2D eigenvalue weighted by atomic mass is 10.2. The summed E-state index contributed by atoms with van der Waals surface area (Å²) < 4.78 is 18.6. The number of rotatable bonds is 5. The van der Waals surface area contributed by atoms with Crippen molar-refractivity contribution in [3.63, 3.8) is 0 Å². The lowest BCUT2D eigenvalue weighted by molar-refractivity contribution is 0.390. The average molecular weight is 247 g/mol. The van der Waals surface area contributed by atoms with Gasteiger partial charge in [-0.3, -0.25) is 0 Å². The third-order valence-electron chi connectivity index (χ3n) is 2.82. The van der Waals surface area contributed by atoms with Gasteiger partial charge in [-0.05, 0) is 63.5 Å². The van der Waals surface area contributed by atoms with Crippen LogP contribution in [0.1, 0.15) is 12.2 Å². The van der Waals surface area contributed by atoms with Crippen molar-refractivity contribution in [1.29, 1.82) is 0 Å². The molecule has 1 aromatic carbocycles. The number of benzene rings is 1. The summed E-state index contributed by atoms with van der Waals surface area (Å²) in [4.78, 5) is 2.16. The van der Waals surface area contributed by atoms with Gasteiger partial charge < -0.3 is 9.32 Å². The van der Waals surface area contributed by atoms with Crippen molar-refractivity contribution in [2.45, 2.75) is 12.8 Å². The number of hydrogen-bond acceptors (Lipinski definition) is 2. The van der Waals surface area contributed by atoms with E-state index >= 15 is 0 Å². The van der Waals surface area contributed by atoms with Crippen LogP contribution in [0.3, 0.4) is 0 Å². The third-order valence-corrected chi connectivity index (χ3v) is 2.82. The maximum absolute atomic E-state index is 12.8. The Hall–Kier alpha value is -1.61. The van der Waals surface area contributed by atoms with Crippen molar-refractivity contribution < 1.29 is 8.81 Å². The van der Waals surface area contributed by atoms with E-state index in [2.05, 4.69) is 19.0 Å². The van der Waals surface area contributed by atoms with E-state index in [0.717, 1.165) is 36.5 Å². The molecule has 0 aliphatic rings. The molecular formula is C15H18FNO. The molecule has 1 aromatic heterocycles. The van der Waals surface area contributed by atoms with Crippen molar-refractivity contribution in [3.05, 3.63) is 48.0 Å². The van der Waals surface area contributed by atoms with E-state index in [1.807, 2.05) is 12.1 Å². The predicted molar refractivity (Wildman–Crippen MR) is 71.0 cm³/mol. The fourth-order valence-corrected chi connectivity index (χ4v) is 1.85. The van der Waals surface area contributed by atoms with E-state index in [-0.39, 0.29) is 5.82 Å². The van der Waals surface area contributed by atoms with Crippen LogP contribution in [0.2, 0.25) is 0 Å². The molecule has 0 N–H and O–H groups in total. The first kappa shape index (κ1) is 12.8. The van der Waals surface area contributed by atoms with Gasteiger partial charge in [-0.25, -0.2) is 4.39 Å². The molecule has 0 radical (unpaired) electrons.